The van der Waals surface area contributed by atoms with E-state index in [1.54, 1.807) is 12.1 Å². The number of thiophene rings is 1. The van der Waals surface area contributed by atoms with Gasteiger partial charge in [-0.25, -0.2) is 13.2 Å². The van der Waals surface area contributed by atoms with Crippen molar-refractivity contribution in [2.24, 2.45) is 0 Å². The molecule has 142 valence electrons. The molecule has 6 nitrogen and oxygen atoms in total. The van der Waals surface area contributed by atoms with E-state index in [9.17, 15) is 18.3 Å². The fraction of sp³-hybridized carbons (Fsp3) is 0.353. The molecule has 0 aliphatic carbocycles. The van der Waals surface area contributed by atoms with Gasteiger partial charge in [0.2, 0.25) is 0 Å². The SMILES string of the molecule is CCCN(CCC)c1ccc(C(=O)O)cc1NS(=O)(=O)c1ccc(Br)s1. The lowest BCUT2D eigenvalue weighted by Crippen LogP contribution is -2.26. The van der Waals surface area contributed by atoms with Crippen molar-refractivity contribution < 1.29 is 18.3 Å². The minimum atomic E-state index is -3.80. The summed E-state index contributed by atoms with van der Waals surface area (Å²) in [6, 6.07) is 7.70. The molecule has 0 aliphatic heterocycles. The van der Waals surface area contributed by atoms with E-state index in [2.05, 4.69) is 25.6 Å². The molecule has 0 saturated carbocycles. The van der Waals surface area contributed by atoms with Crippen molar-refractivity contribution >= 4 is 54.6 Å². The predicted molar refractivity (Wildman–Crippen MR) is 109 cm³/mol. The van der Waals surface area contributed by atoms with Crippen molar-refractivity contribution in [1.29, 1.82) is 0 Å². The molecule has 0 radical (unpaired) electrons. The van der Waals surface area contributed by atoms with E-state index in [0.717, 1.165) is 37.3 Å². The molecule has 2 rings (SSSR count). The zero-order valence-electron chi connectivity index (χ0n) is 14.5. The van der Waals surface area contributed by atoms with Crippen molar-refractivity contribution in [2.45, 2.75) is 30.9 Å². The highest BCUT2D eigenvalue weighted by Crippen LogP contribution is 2.32. The molecular weight excluding hydrogens is 440 g/mol. The van der Waals surface area contributed by atoms with Crippen LogP contribution < -0.4 is 9.62 Å². The zero-order chi connectivity index (χ0) is 19.3. The van der Waals surface area contributed by atoms with Gasteiger partial charge in [-0.1, -0.05) is 13.8 Å². The molecule has 0 bridgehead atoms. The number of carbonyl (C=O) groups is 1. The number of hydrogen-bond acceptors (Lipinski definition) is 5. The monoisotopic (exact) mass is 460 g/mol. The van der Waals surface area contributed by atoms with E-state index in [1.165, 1.54) is 18.2 Å². The molecule has 9 heteroatoms. The standard InChI is InChI=1S/C17H21BrN2O4S2/c1-3-9-20(10-4-2)14-6-5-12(17(21)22)11-13(14)19-26(23,24)16-8-7-15(18)25-16/h5-8,11,19H,3-4,9-10H2,1-2H3,(H,21,22). The van der Waals surface area contributed by atoms with Crippen LogP contribution in [-0.2, 0) is 10.0 Å². The zero-order valence-corrected chi connectivity index (χ0v) is 17.7. The fourth-order valence-corrected chi connectivity index (χ4v) is 5.63. The van der Waals surface area contributed by atoms with Crippen LogP contribution in [0.15, 0.2) is 38.3 Å². The molecule has 0 fully saturated rings. The summed E-state index contributed by atoms with van der Waals surface area (Å²) in [4.78, 5) is 13.4. The number of nitrogens with one attached hydrogen (secondary N) is 1. The van der Waals surface area contributed by atoms with E-state index in [4.69, 9.17) is 0 Å². The van der Waals surface area contributed by atoms with Crippen LogP contribution in [0.3, 0.4) is 0 Å². The Labute approximate surface area is 166 Å². The van der Waals surface area contributed by atoms with Crippen LogP contribution in [0.2, 0.25) is 0 Å². The molecule has 0 atom stereocenters. The van der Waals surface area contributed by atoms with Crippen molar-refractivity contribution in [3.63, 3.8) is 0 Å². The highest BCUT2D eigenvalue weighted by Gasteiger charge is 2.21. The molecule has 26 heavy (non-hydrogen) atoms. The Morgan fingerprint density at radius 2 is 1.85 bits per heavy atom. The number of carboxylic acid groups (broad SMARTS) is 1. The first-order chi connectivity index (χ1) is 12.3. The van der Waals surface area contributed by atoms with Crippen molar-refractivity contribution in [3.8, 4) is 0 Å². The summed E-state index contributed by atoms with van der Waals surface area (Å²) < 4.78 is 28.8. The second-order valence-corrected chi connectivity index (χ2v) is 10.1. The largest absolute Gasteiger partial charge is 0.478 e. The summed E-state index contributed by atoms with van der Waals surface area (Å²) >= 11 is 4.36. The average Bonchev–Trinajstić information content (AvgIpc) is 3.02. The van der Waals surface area contributed by atoms with Crippen molar-refractivity contribution in [1.82, 2.24) is 0 Å². The Morgan fingerprint density at radius 1 is 1.19 bits per heavy atom. The Hall–Kier alpha value is -1.58. The maximum atomic E-state index is 12.7. The lowest BCUT2D eigenvalue weighted by molar-refractivity contribution is 0.0697. The van der Waals surface area contributed by atoms with Gasteiger partial charge in [-0.05, 0) is 59.1 Å². The quantitative estimate of drug-likeness (QED) is 0.569. The minimum Gasteiger partial charge on any atom is -0.478 e. The first-order valence-electron chi connectivity index (χ1n) is 8.19. The summed E-state index contributed by atoms with van der Waals surface area (Å²) in [7, 11) is -3.80. The molecule has 0 spiro atoms. The molecule has 0 unspecified atom stereocenters. The third-order valence-corrected chi connectivity index (χ3v) is 7.11. The fourth-order valence-electron chi connectivity index (χ4n) is 2.56. The highest BCUT2D eigenvalue weighted by atomic mass is 79.9. The number of rotatable bonds is 9. The lowest BCUT2D eigenvalue weighted by Gasteiger charge is -2.26. The molecule has 0 saturated heterocycles. The summed E-state index contributed by atoms with van der Waals surface area (Å²) in [6.45, 7) is 5.58. The molecule has 2 N–H and O–H groups in total. The van der Waals surface area contributed by atoms with Gasteiger partial charge < -0.3 is 10.0 Å². The van der Waals surface area contributed by atoms with Crippen LogP contribution in [0.1, 0.15) is 37.0 Å². The van der Waals surface area contributed by atoms with Gasteiger partial charge in [-0.3, -0.25) is 4.72 Å². The Bertz CT molecular complexity index is 875. The number of halogens is 1. The lowest BCUT2D eigenvalue weighted by atomic mass is 10.1. The van der Waals surface area contributed by atoms with Gasteiger partial charge in [0.05, 0.1) is 20.7 Å². The third kappa shape index (κ3) is 4.99. The van der Waals surface area contributed by atoms with Crippen LogP contribution in [0.5, 0.6) is 0 Å². The number of hydrogen-bond donors (Lipinski definition) is 2. The van der Waals surface area contributed by atoms with Gasteiger partial charge in [0, 0.05) is 13.1 Å². The summed E-state index contributed by atoms with van der Waals surface area (Å²) in [5.74, 6) is -1.10. The summed E-state index contributed by atoms with van der Waals surface area (Å²) in [5, 5.41) is 9.27. The van der Waals surface area contributed by atoms with Crippen LogP contribution in [0.4, 0.5) is 11.4 Å². The van der Waals surface area contributed by atoms with Gasteiger partial charge >= 0.3 is 5.97 Å². The van der Waals surface area contributed by atoms with E-state index < -0.39 is 16.0 Å². The first-order valence-corrected chi connectivity index (χ1v) is 11.3. The third-order valence-electron chi connectivity index (χ3n) is 3.63. The van der Waals surface area contributed by atoms with Gasteiger partial charge in [0.1, 0.15) is 4.21 Å². The normalized spacial score (nSPS) is 11.3. The Morgan fingerprint density at radius 3 is 2.35 bits per heavy atom. The average molecular weight is 461 g/mol. The maximum Gasteiger partial charge on any atom is 0.335 e. The summed E-state index contributed by atoms with van der Waals surface area (Å²) in [6.07, 6.45) is 1.79. The van der Waals surface area contributed by atoms with Gasteiger partial charge in [0.25, 0.3) is 10.0 Å². The molecule has 1 aromatic carbocycles. The second kappa shape index (κ2) is 8.88. The number of sulfonamides is 1. The molecule has 0 aliphatic rings. The van der Waals surface area contributed by atoms with E-state index >= 15 is 0 Å². The number of anilines is 2. The topological polar surface area (TPSA) is 86.7 Å². The molecule has 1 aromatic heterocycles. The number of aromatic carboxylic acids is 1. The van der Waals surface area contributed by atoms with E-state index in [0.29, 0.717) is 9.47 Å². The minimum absolute atomic E-state index is 0.0340. The van der Waals surface area contributed by atoms with Crippen molar-refractivity contribution in [2.75, 3.05) is 22.7 Å². The predicted octanol–water partition coefficient (Wildman–Crippen LogP) is 4.64. The van der Waals surface area contributed by atoms with Crippen LogP contribution >= 0.6 is 27.3 Å². The Kier molecular flexibility index (Phi) is 7.08. The Balaban J connectivity index is 2.49. The van der Waals surface area contributed by atoms with Gasteiger partial charge in [-0.2, -0.15) is 0 Å². The molecule has 2 aromatic rings. The smallest absolute Gasteiger partial charge is 0.335 e. The molecular formula is C17H21BrN2O4S2. The van der Waals surface area contributed by atoms with Crippen LogP contribution in [-0.4, -0.2) is 32.6 Å². The summed E-state index contributed by atoms with van der Waals surface area (Å²) in [5.41, 5.74) is 0.987. The van der Waals surface area contributed by atoms with Crippen molar-refractivity contribution in [3.05, 3.63) is 39.7 Å². The molecule has 1 heterocycles. The number of benzene rings is 1. The van der Waals surface area contributed by atoms with Crippen LogP contribution in [0.25, 0.3) is 0 Å². The van der Waals surface area contributed by atoms with Crippen LogP contribution in [0, 0.1) is 0 Å². The van der Waals surface area contributed by atoms with E-state index in [1.807, 2.05) is 13.8 Å². The van der Waals surface area contributed by atoms with Gasteiger partial charge in [0.15, 0.2) is 0 Å². The number of carboxylic acids is 1. The van der Waals surface area contributed by atoms with E-state index in [-0.39, 0.29) is 15.5 Å². The van der Waals surface area contributed by atoms with Gasteiger partial charge in [-0.15, -0.1) is 11.3 Å². The number of nitrogens with zero attached hydrogens (tertiary/aromatic N) is 1. The molecule has 0 amide bonds. The highest BCUT2D eigenvalue weighted by molar-refractivity contribution is 9.11. The second-order valence-electron chi connectivity index (χ2n) is 5.69. The maximum absolute atomic E-state index is 12.7. The first kappa shape index (κ1) is 20.7.